The van der Waals surface area contributed by atoms with Gasteiger partial charge in [0.25, 0.3) is 0 Å². The Labute approximate surface area is 150 Å². The van der Waals surface area contributed by atoms with E-state index in [-0.39, 0.29) is 12.3 Å². The third-order valence-corrected chi connectivity index (χ3v) is 3.72. The van der Waals surface area contributed by atoms with Crippen molar-refractivity contribution >= 4 is 11.6 Å². The molecule has 0 radical (unpaired) electrons. The molecule has 0 bridgehead atoms. The van der Waals surface area contributed by atoms with Gasteiger partial charge in [0.1, 0.15) is 11.5 Å². The first-order valence-electron chi connectivity index (χ1n) is 8.09. The van der Waals surface area contributed by atoms with E-state index in [0.717, 1.165) is 5.56 Å². The van der Waals surface area contributed by atoms with Crippen LogP contribution in [-0.2, 0) is 11.2 Å². The van der Waals surface area contributed by atoms with Crippen molar-refractivity contribution in [1.29, 1.82) is 0 Å². The quantitative estimate of drug-likeness (QED) is 0.701. The van der Waals surface area contributed by atoms with Gasteiger partial charge in [0.2, 0.25) is 17.6 Å². The fraction of sp³-hybridized carbons (Fsp3) is 0.211. The normalized spacial score (nSPS) is 10.4. The molecule has 0 atom stereocenters. The maximum absolute atomic E-state index is 12.1. The fourth-order valence-corrected chi connectivity index (χ4v) is 2.38. The highest BCUT2D eigenvalue weighted by atomic mass is 16.5. The number of carbonyl (C=O) groups is 1. The number of benzene rings is 2. The Morgan fingerprint density at radius 2 is 1.81 bits per heavy atom. The van der Waals surface area contributed by atoms with Gasteiger partial charge in [-0.3, -0.25) is 4.79 Å². The molecule has 0 spiro atoms. The standard InChI is InChI=1S/C19H19N3O4/c1-24-15-7-3-5-13(11-15)19-21-18(26-22-19)10-9-17(23)20-14-6-4-8-16(12-14)25-2/h3-8,11-12H,9-10H2,1-2H3,(H,20,23). The fourth-order valence-electron chi connectivity index (χ4n) is 2.38. The Balaban J connectivity index is 1.58. The third kappa shape index (κ3) is 4.38. The highest BCUT2D eigenvalue weighted by Crippen LogP contribution is 2.21. The summed E-state index contributed by atoms with van der Waals surface area (Å²) in [7, 11) is 3.18. The topological polar surface area (TPSA) is 86.5 Å². The summed E-state index contributed by atoms with van der Waals surface area (Å²) in [4.78, 5) is 16.4. The van der Waals surface area contributed by atoms with Crippen molar-refractivity contribution in [2.24, 2.45) is 0 Å². The molecule has 2 aromatic carbocycles. The van der Waals surface area contributed by atoms with Crippen molar-refractivity contribution < 1.29 is 18.8 Å². The maximum Gasteiger partial charge on any atom is 0.227 e. The molecular formula is C19H19N3O4. The summed E-state index contributed by atoms with van der Waals surface area (Å²) in [5.41, 5.74) is 1.47. The van der Waals surface area contributed by atoms with Crippen LogP contribution in [0.1, 0.15) is 12.3 Å². The molecule has 7 heteroatoms. The molecule has 1 amide bonds. The smallest absolute Gasteiger partial charge is 0.227 e. The number of carbonyl (C=O) groups excluding carboxylic acids is 1. The second kappa shape index (κ2) is 8.15. The van der Waals surface area contributed by atoms with Gasteiger partial charge in [0.05, 0.1) is 14.2 Å². The van der Waals surface area contributed by atoms with Crippen molar-refractivity contribution in [3.63, 3.8) is 0 Å². The van der Waals surface area contributed by atoms with Gasteiger partial charge in [-0.2, -0.15) is 4.98 Å². The Kier molecular flexibility index (Phi) is 5.48. The molecule has 0 saturated carbocycles. The van der Waals surface area contributed by atoms with Gasteiger partial charge in [-0.05, 0) is 24.3 Å². The average Bonchev–Trinajstić information content (AvgIpc) is 3.16. The first kappa shape index (κ1) is 17.5. The predicted molar refractivity (Wildman–Crippen MR) is 96.2 cm³/mol. The van der Waals surface area contributed by atoms with Crippen LogP contribution < -0.4 is 14.8 Å². The lowest BCUT2D eigenvalue weighted by Gasteiger charge is -2.06. The number of nitrogens with zero attached hydrogens (tertiary/aromatic N) is 2. The first-order chi connectivity index (χ1) is 12.7. The lowest BCUT2D eigenvalue weighted by atomic mass is 10.2. The number of aromatic nitrogens is 2. The third-order valence-electron chi connectivity index (χ3n) is 3.72. The number of ether oxygens (including phenoxy) is 2. The van der Waals surface area contributed by atoms with E-state index in [2.05, 4.69) is 15.5 Å². The first-order valence-corrected chi connectivity index (χ1v) is 8.09. The highest BCUT2D eigenvalue weighted by molar-refractivity contribution is 5.90. The zero-order chi connectivity index (χ0) is 18.4. The van der Waals surface area contributed by atoms with Gasteiger partial charge in [0.15, 0.2) is 0 Å². The molecule has 0 unspecified atom stereocenters. The largest absolute Gasteiger partial charge is 0.497 e. The van der Waals surface area contributed by atoms with E-state index in [0.29, 0.717) is 35.3 Å². The predicted octanol–water partition coefficient (Wildman–Crippen LogP) is 3.33. The molecule has 1 aromatic heterocycles. The minimum Gasteiger partial charge on any atom is -0.497 e. The van der Waals surface area contributed by atoms with Gasteiger partial charge >= 0.3 is 0 Å². The SMILES string of the molecule is COc1cccc(NC(=O)CCc2nc(-c3cccc(OC)c3)no2)c1. The molecule has 0 fully saturated rings. The molecular weight excluding hydrogens is 334 g/mol. The summed E-state index contributed by atoms with van der Waals surface area (Å²) in [6, 6.07) is 14.6. The zero-order valence-corrected chi connectivity index (χ0v) is 14.6. The van der Waals surface area contributed by atoms with E-state index < -0.39 is 0 Å². The Morgan fingerprint density at radius 1 is 1.08 bits per heavy atom. The van der Waals surface area contributed by atoms with Gasteiger partial charge in [-0.25, -0.2) is 0 Å². The minimum atomic E-state index is -0.139. The number of hydrogen-bond donors (Lipinski definition) is 1. The van der Waals surface area contributed by atoms with Crippen molar-refractivity contribution in [2.45, 2.75) is 12.8 Å². The lowest BCUT2D eigenvalue weighted by Crippen LogP contribution is -2.12. The zero-order valence-electron chi connectivity index (χ0n) is 14.6. The summed E-state index contributed by atoms with van der Waals surface area (Å²) < 4.78 is 15.5. The summed E-state index contributed by atoms with van der Waals surface area (Å²) in [5, 5.41) is 6.77. The van der Waals surface area contributed by atoms with Crippen molar-refractivity contribution in [1.82, 2.24) is 10.1 Å². The van der Waals surface area contributed by atoms with Crippen molar-refractivity contribution in [3.05, 3.63) is 54.4 Å². The van der Waals surface area contributed by atoms with Crippen LogP contribution in [-0.4, -0.2) is 30.3 Å². The number of aryl methyl sites for hydroxylation is 1. The molecule has 7 nitrogen and oxygen atoms in total. The van der Waals surface area contributed by atoms with E-state index in [4.69, 9.17) is 14.0 Å². The van der Waals surface area contributed by atoms with Gasteiger partial charge in [-0.1, -0.05) is 23.4 Å². The number of anilines is 1. The Hall–Kier alpha value is -3.35. The molecule has 134 valence electrons. The van der Waals surface area contributed by atoms with E-state index in [9.17, 15) is 4.79 Å². The molecule has 1 N–H and O–H groups in total. The Bertz CT molecular complexity index is 892. The van der Waals surface area contributed by atoms with Gasteiger partial charge in [0, 0.05) is 30.2 Å². The van der Waals surface area contributed by atoms with Crippen molar-refractivity contribution in [2.75, 3.05) is 19.5 Å². The van der Waals surface area contributed by atoms with Crippen LogP contribution in [0.4, 0.5) is 5.69 Å². The molecule has 3 aromatic rings. The number of hydrogen-bond acceptors (Lipinski definition) is 6. The number of amides is 1. The van der Waals surface area contributed by atoms with Crippen LogP contribution in [0.2, 0.25) is 0 Å². The van der Waals surface area contributed by atoms with E-state index >= 15 is 0 Å². The molecule has 0 aliphatic rings. The monoisotopic (exact) mass is 353 g/mol. The number of rotatable bonds is 7. The second-order valence-electron chi connectivity index (χ2n) is 5.52. The maximum atomic E-state index is 12.1. The van der Waals surface area contributed by atoms with Crippen molar-refractivity contribution in [3.8, 4) is 22.9 Å². The molecule has 3 rings (SSSR count). The van der Waals surface area contributed by atoms with Crippen LogP contribution in [0.15, 0.2) is 53.1 Å². The average molecular weight is 353 g/mol. The van der Waals surface area contributed by atoms with Crippen LogP contribution in [0.5, 0.6) is 11.5 Å². The van der Waals surface area contributed by atoms with E-state index in [1.54, 1.807) is 26.4 Å². The molecule has 26 heavy (non-hydrogen) atoms. The lowest BCUT2D eigenvalue weighted by molar-refractivity contribution is -0.116. The summed E-state index contributed by atoms with van der Waals surface area (Å²) >= 11 is 0. The van der Waals surface area contributed by atoms with Crippen LogP contribution in [0, 0.1) is 0 Å². The molecule has 0 saturated heterocycles. The van der Waals surface area contributed by atoms with Crippen LogP contribution in [0.25, 0.3) is 11.4 Å². The van der Waals surface area contributed by atoms with Crippen LogP contribution >= 0.6 is 0 Å². The highest BCUT2D eigenvalue weighted by Gasteiger charge is 2.11. The summed E-state index contributed by atoms with van der Waals surface area (Å²) in [6.07, 6.45) is 0.587. The summed E-state index contributed by atoms with van der Waals surface area (Å²) in [5.74, 6) is 2.13. The van der Waals surface area contributed by atoms with Crippen LogP contribution in [0.3, 0.4) is 0 Å². The second-order valence-corrected chi connectivity index (χ2v) is 5.52. The molecule has 1 heterocycles. The summed E-state index contributed by atoms with van der Waals surface area (Å²) in [6.45, 7) is 0. The van der Waals surface area contributed by atoms with Gasteiger partial charge in [-0.15, -0.1) is 0 Å². The minimum absolute atomic E-state index is 0.139. The van der Waals surface area contributed by atoms with E-state index in [1.165, 1.54) is 0 Å². The molecule has 0 aliphatic carbocycles. The van der Waals surface area contributed by atoms with E-state index in [1.807, 2.05) is 36.4 Å². The Morgan fingerprint density at radius 3 is 2.58 bits per heavy atom. The number of methoxy groups -OCH3 is 2. The molecule has 0 aliphatic heterocycles. The number of nitrogens with one attached hydrogen (secondary N) is 1. The van der Waals surface area contributed by atoms with Gasteiger partial charge < -0.3 is 19.3 Å².